The zero-order valence-corrected chi connectivity index (χ0v) is 15.2. The smallest absolute Gasteiger partial charge is 0.387 e. The summed E-state index contributed by atoms with van der Waals surface area (Å²) in [6.07, 6.45) is 1.29. The van der Waals surface area contributed by atoms with E-state index in [9.17, 15) is 13.6 Å². The van der Waals surface area contributed by atoms with Gasteiger partial charge in [-0.3, -0.25) is 4.79 Å². The van der Waals surface area contributed by atoms with Crippen molar-refractivity contribution >= 4 is 11.6 Å². The number of hydrogen-bond acceptors (Lipinski definition) is 4. The lowest BCUT2D eigenvalue weighted by Gasteiger charge is -2.06. The Kier molecular flexibility index (Phi) is 7.73. The highest BCUT2D eigenvalue weighted by Crippen LogP contribution is 2.16. The van der Waals surface area contributed by atoms with Crippen LogP contribution in [0.15, 0.2) is 53.6 Å². The van der Waals surface area contributed by atoms with Gasteiger partial charge in [0.2, 0.25) is 0 Å². The van der Waals surface area contributed by atoms with Crippen LogP contribution in [-0.2, 0) is 6.42 Å². The van der Waals surface area contributed by atoms with Crippen molar-refractivity contribution in [1.82, 2.24) is 5.43 Å². The molecular weight excluding hydrogens is 354 g/mol. The van der Waals surface area contributed by atoms with E-state index < -0.39 is 6.61 Å². The van der Waals surface area contributed by atoms with E-state index in [0.717, 1.165) is 11.3 Å². The van der Waals surface area contributed by atoms with Gasteiger partial charge < -0.3 is 9.47 Å². The molecule has 0 saturated heterocycles. The molecule has 0 aromatic heterocycles. The highest BCUT2D eigenvalue weighted by molar-refractivity contribution is 5.95. The second kappa shape index (κ2) is 10.3. The van der Waals surface area contributed by atoms with Gasteiger partial charge in [0.1, 0.15) is 11.5 Å². The molecule has 7 heteroatoms. The normalized spacial score (nSPS) is 11.4. The van der Waals surface area contributed by atoms with E-state index in [-0.39, 0.29) is 11.7 Å². The Morgan fingerprint density at radius 2 is 1.70 bits per heavy atom. The molecule has 144 valence electrons. The number of ether oxygens (including phenoxy) is 2. The second-order valence-electron chi connectivity index (χ2n) is 5.77. The second-order valence-corrected chi connectivity index (χ2v) is 5.77. The van der Waals surface area contributed by atoms with Gasteiger partial charge in [0.25, 0.3) is 5.91 Å². The number of aryl methyl sites for hydroxylation is 1. The summed E-state index contributed by atoms with van der Waals surface area (Å²) in [5.74, 6) is 0.534. The van der Waals surface area contributed by atoms with Crippen LogP contribution in [0.4, 0.5) is 8.78 Å². The fraction of sp³-hybridized carbons (Fsp3) is 0.300. The van der Waals surface area contributed by atoms with Crippen molar-refractivity contribution in [3.63, 3.8) is 0 Å². The molecule has 5 nitrogen and oxygen atoms in total. The standard InChI is InChI=1S/C20H22F2N2O3/c1-3-26-17-12-8-16(9-13-17)19(25)24-23-14(2)4-5-15-6-10-18(11-7-15)27-20(21)22/h6-13,20H,3-5H2,1-2H3,(H,24,25)/b23-14-. The molecule has 2 rings (SSSR count). The van der Waals surface area contributed by atoms with E-state index in [1.807, 2.05) is 13.8 Å². The van der Waals surface area contributed by atoms with E-state index in [4.69, 9.17) is 4.74 Å². The summed E-state index contributed by atoms with van der Waals surface area (Å²) < 4.78 is 33.9. The third kappa shape index (κ3) is 7.05. The topological polar surface area (TPSA) is 59.9 Å². The molecule has 0 heterocycles. The van der Waals surface area contributed by atoms with Gasteiger partial charge in [-0.05, 0) is 68.7 Å². The first-order valence-electron chi connectivity index (χ1n) is 8.58. The highest BCUT2D eigenvalue weighted by atomic mass is 19.3. The summed E-state index contributed by atoms with van der Waals surface area (Å²) >= 11 is 0. The van der Waals surface area contributed by atoms with Crippen LogP contribution in [0.2, 0.25) is 0 Å². The molecule has 0 saturated carbocycles. The van der Waals surface area contributed by atoms with E-state index in [0.29, 0.717) is 30.8 Å². The van der Waals surface area contributed by atoms with Crippen LogP contribution < -0.4 is 14.9 Å². The molecule has 0 aliphatic carbocycles. The van der Waals surface area contributed by atoms with Crippen molar-refractivity contribution < 1.29 is 23.0 Å². The van der Waals surface area contributed by atoms with Crippen molar-refractivity contribution in [3.05, 3.63) is 59.7 Å². The van der Waals surface area contributed by atoms with E-state index >= 15 is 0 Å². The van der Waals surface area contributed by atoms with Gasteiger partial charge in [-0.15, -0.1) is 0 Å². The predicted molar refractivity (Wildman–Crippen MR) is 99.6 cm³/mol. The number of benzene rings is 2. The van der Waals surface area contributed by atoms with Crippen LogP contribution in [-0.4, -0.2) is 24.8 Å². The number of amides is 1. The first-order valence-corrected chi connectivity index (χ1v) is 8.58. The minimum Gasteiger partial charge on any atom is -0.494 e. The van der Waals surface area contributed by atoms with Gasteiger partial charge in [0, 0.05) is 11.3 Å². The van der Waals surface area contributed by atoms with Crippen LogP contribution in [0, 0.1) is 0 Å². The van der Waals surface area contributed by atoms with Crippen LogP contribution in [0.5, 0.6) is 11.5 Å². The Hall–Kier alpha value is -2.96. The minimum atomic E-state index is -2.83. The Bertz CT molecular complexity index is 760. The molecule has 0 aliphatic rings. The maximum absolute atomic E-state index is 12.1. The molecule has 0 unspecified atom stereocenters. The maximum atomic E-state index is 12.1. The summed E-state index contributed by atoms with van der Waals surface area (Å²) in [5.41, 5.74) is 4.73. The third-order valence-electron chi connectivity index (χ3n) is 3.70. The van der Waals surface area contributed by atoms with Crippen LogP contribution in [0.25, 0.3) is 0 Å². The number of rotatable bonds is 9. The van der Waals surface area contributed by atoms with Gasteiger partial charge in [-0.1, -0.05) is 12.1 Å². The van der Waals surface area contributed by atoms with Crippen molar-refractivity contribution in [1.29, 1.82) is 0 Å². The lowest BCUT2D eigenvalue weighted by Crippen LogP contribution is -2.19. The van der Waals surface area contributed by atoms with Crippen LogP contribution >= 0.6 is 0 Å². The molecule has 2 aromatic carbocycles. The predicted octanol–water partition coefficient (Wildman–Crippen LogP) is 4.43. The molecule has 0 spiro atoms. The van der Waals surface area contributed by atoms with Crippen molar-refractivity contribution in [2.45, 2.75) is 33.3 Å². The fourth-order valence-corrected chi connectivity index (χ4v) is 2.30. The van der Waals surface area contributed by atoms with E-state index in [1.54, 1.807) is 36.4 Å². The van der Waals surface area contributed by atoms with Crippen molar-refractivity contribution in [3.8, 4) is 11.5 Å². The van der Waals surface area contributed by atoms with Gasteiger partial charge in [-0.2, -0.15) is 13.9 Å². The van der Waals surface area contributed by atoms with Crippen LogP contribution in [0.3, 0.4) is 0 Å². The van der Waals surface area contributed by atoms with Gasteiger partial charge >= 0.3 is 6.61 Å². The number of carbonyl (C=O) groups excluding carboxylic acids is 1. The number of hydrogen-bond donors (Lipinski definition) is 1. The van der Waals surface area contributed by atoms with Gasteiger partial charge in [0.05, 0.1) is 6.61 Å². The summed E-state index contributed by atoms with van der Waals surface area (Å²) in [6.45, 7) is 1.44. The Morgan fingerprint density at radius 1 is 1.07 bits per heavy atom. The number of nitrogens with zero attached hydrogens (tertiary/aromatic N) is 1. The number of halogens is 2. The Balaban J connectivity index is 1.82. The van der Waals surface area contributed by atoms with Gasteiger partial charge in [-0.25, -0.2) is 5.43 Å². The van der Waals surface area contributed by atoms with Gasteiger partial charge in [0.15, 0.2) is 0 Å². The van der Waals surface area contributed by atoms with Crippen LogP contribution in [0.1, 0.15) is 36.2 Å². The van der Waals surface area contributed by atoms with E-state index in [2.05, 4.69) is 15.3 Å². The first-order chi connectivity index (χ1) is 13.0. The third-order valence-corrected chi connectivity index (χ3v) is 3.70. The molecular formula is C20H22F2N2O3. The number of nitrogens with one attached hydrogen (secondary N) is 1. The molecule has 2 aromatic rings. The van der Waals surface area contributed by atoms with E-state index in [1.165, 1.54) is 12.1 Å². The molecule has 0 atom stereocenters. The molecule has 27 heavy (non-hydrogen) atoms. The number of carbonyl (C=O) groups is 1. The van der Waals surface area contributed by atoms with Crippen molar-refractivity contribution in [2.24, 2.45) is 5.10 Å². The Morgan fingerprint density at radius 3 is 2.30 bits per heavy atom. The molecule has 0 radical (unpaired) electrons. The highest BCUT2D eigenvalue weighted by Gasteiger charge is 2.06. The maximum Gasteiger partial charge on any atom is 0.387 e. The first kappa shape index (κ1) is 20.4. The SMILES string of the molecule is CCOc1ccc(C(=O)N/N=C(/C)CCc2ccc(OC(F)F)cc2)cc1. The van der Waals surface area contributed by atoms with Crippen molar-refractivity contribution in [2.75, 3.05) is 6.61 Å². The lowest BCUT2D eigenvalue weighted by atomic mass is 10.1. The monoisotopic (exact) mass is 376 g/mol. The summed E-state index contributed by atoms with van der Waals surface area (Å²) in [7, 11) is 0. The molecule has 0 aliphatic heterocycles. The molecule has 0 fully saturated rings. The minimum absolute atomic E-state index is 0.127. The summed E-state index contributed by atoms with van der Waals surface area (Å²) in [4.78, 5) is 12.1. The number of alkyl halides is 2. The largest absolute Gasteiger partial charge is 0.494 e. The average molecular weight is 376 g/mol. The zero-order valence-electron chi connectivity index (χ0n) is 15.2. The molecule has 1 N–H and O–H groups in total. The fourth-order valence-electron chi connectivity index (χ4n) is 2.30. The summed E-state index contributed by atoms with van der Waals surface area (Å²) in [5, 5.41) is 4.09. The quantitative estimate of drug-likeness (QED) is 0.520. The number of hydrazone groups is 1. The zero-order chi connectivity index (χ0) is 19.6. The average Bonchev–Trinajstić information content (AvgIpc) is 2.66. The summed E-state index contributed by atoms with van der Waals surface area (Å²) in [6, 6.07) is 13.3. The lowest BCUT2D eigenvalue weighted by molar-refractivity contribution is -0.0498. The molecule has 0 bridgehead atoms. The Labute approximate surface area is 157 Å². The molecule has 1 amide bonds.